The molecule has 2 amide bonds. The van der Waals surface area contributed by atoms with Crippen molar-refractivity contribution >= 4 is 29.4 Å². The lowest BCUT2D eigenvalue weighted by Crippen LogP contribution is -2.45. The fourth-order valence-electron chi connectivity index (χ4n) is 3.88. The lowest BCUT2D eigenvalue weighted by Gasteiger charge is -2.34. The fraction of sp³-hybridized carbons (Fsp3) is 0.524. The molecule has 1 aliphatic heterocycles. The molecule has 0 spiro atoms. The van der Waals surface area contributed by atoms with Crippen molar-refractivity contribution in [2.75, 3.05) is 19.6 Å². The number of amides is 2. The lowest BCUT2D eigenvalue weighted by atomic mass is 9.86. The van der Waals surface area contributed by atoms with Gasteiger partial charge in [-0.05, 0) is 43.7 Å². The van der Waals surface area contributed by atoms with Gasteiger partial charge in [-0.15, -0.1) is 0 Å². The standard InChI is InChI=1S/C21H26ClN3O6/c22-14-3-4-15(23-9-14)12-31-16-5-1-13(2-6-16)11-25-8-7-17(26)19(21(25)30)20(29)24-10-18(27)28/h3-4,9,13,16,26H,1-2,5-8,10-12H2,(H,24,29)(H,27,28). The van der Waals surface area contributed by atoms with Crippen LogP contribution in [0, 0.1) is 5.92 Å². The first kappa shape index (κ1) is 23.0. The van der Waals surface area contributed by atoms with E-state index in [1.807, 2.05) is 6.07 Å². The number of hydrogen-bond donors (Lipinski definition) is 3. The number of carbonyl (C=O) groups is 3. The van der Waals surface area contributed by atoms with Gasteiger partial charge in [-0.2, -0.15) is 0 Å². The van der Waals surface area contributed by atoms with Crippen LogP contribution in [0.4, 0.5) is 0 Å². The van der Waals surface area contributed by atoms with Gasteiger partial charge in [-0.25, -0.2) is 0 Å². The average molecular weight is 452 g/mol. The van der Waals surface area contributed by atoms with Crippen molar-refractivity contribution in [1.29, 1.82) is 0 Å². The Labute approximate surface area is 185 Å². The number of aliphatic hydroxyl groups is 1. The Balaban J connectivity index is 1.46. The summed E-state index contributed by atoms with van der Waals surface area (Å²) in [5.74, 6) is -2.65. The molecule has 0 saturated heterocycles. The van der Waals surface area contributed by atoms with Crippen LogP contribution in [0.25, 0.3) is 0 Å². The molecule has 3 N–H and O–H groups in total. The van der Waals surface area contributed by atoms with Crippen molar-refractivity contribution in [3.8, 4) is 0 Å². The van der Waals surface area contributed by atoms with Gasteiger partial charge in [0.05, 0.1) is 23.4 Å². The highest BCUT2D eigenvalue weighted by atomic mass is 35.5. The molecule has 0 unspecified atom stereocenters. The number of ether oxygens (including phenoxy) is 1. The van der Waals surface area contributed by atoms with Gasteiger partial charge in [-0.1, -0.05) is 11.6 Å². The zero-order chi connectivity index (χ0) is 22.4. The molecule has 9 nitrogen and oxygen atoms in total. The number of hydrogen-bond acceptors (Lipinski definition) is 6. The van der Waals surface area contributed by atoms with Crippen LogP contribution in [-0.4, -0.2) is 63.6 Å². The summed E-state index contributed by atoms with van der Waals surface area (Å²) >= 11 is 5.84. The summed E-state index contributed by atoms with van der Waals surface area (Å²) in [7, 11) is 0. The Morgan fingerprint density at radius 3 is 2.65 bits per heavy atom. The van der Waals surface area contributed by atoms with E-state index in [0.29, 0.717) is 24.7 Å². The highest BCUT2D eigenvalue weighted by Gasteiger charge is 2.34. The summed E-state index contributed by atoms with van der Waals surface area (Å²) in [5.41, 5.74) is 0.464. The van der Waals surface area contributed by atoms with Gasteiger partial charge in [0, 0.05) is 25.7 Å². The highest BCUT2D eigenvalue weighted by molar-refractivity contribution is 6.30. The lowest BCUT2D eigenvalue weighted by molar-refractivity contribution is -0.138. The SMILES string of the molecule is O=C(O)CNC(=O)C1=C(O)CCN(CC2CCC(OCc3ccc(Cl)cn3)CC2)C1=O. The van der Waals surface area contributed by atoms with Gasteiger partial charge in [0.15, 0.2) is 0 Å². The molecule has 1 aliphatic carbocycles. The second-order valence-corrected chi connectivity index (χ2v) is 8.26. The van der Waals surface area contributed by atoms with E-state index in [9.17, 15) is 19.5 Å². The largest absolute Gasteiger partial charge is 0.511 e. The van der Waals surface area contributed by atoms with Crippen LogP contribution in [0.2, 0.25) is 5.02 Å². The fourth-order valence-corrected chi connectivity index (χ4v) is 4.00. The van der Waals surface area contributed by atoms with Gasteiger partial charge in [0.1, 0.15) is 17.9 Å². The molecule has 1 aromatic heterocycles. The Bertz CT molecular complexity index is 849. The van der Waals surface area contributed by atoms with Crippen molar-refractivity contribution in [2.45, 2.75) is 44.8 Å². The van der Waals surface area contributed by atoms with Gasteiger partial charge >= 0.3 is 5.97 Å². The molecule has 10 heteroatoms. The first-order chi connectivity index (χ1) is 14.8. The predicted molar refractivity (Wildman–Crippen MR) is 111 cm³/mol. The summed E-state index contributed by atoms with van der Waals surface area (Å²) in [4.78, 5) is 41.3. The Kier molecular flexibility index (Phi) is 7.86. The number of carboxylic acid groups (broad SMARTS) is 1. The molecule has 0 radical (unpaired) electrons. The number of aliphatic hydroxyl groups excluding tert-OH is 1. The molecule has 168 valence electrons. The van der Waals surface area contributed by atoms with Crippen LogP contribution in [0.1, 0.15) is 37.8 Å². The van der Waals surface area contributed by atoms with Gasteiger partial charge in [0.25, 0.3) is 11.8 Å². The minimum atomic E-state index is -1.22. The molecule has 1 fully saturated rings. The van der Waals surface area contributed by atoms with E-state index in [1.54, 1.807) is 17.2 Å². The van der Waals surface area contributed by atoms with Crippen LogP contribution >= 0.6 is 11.6 Å². The maximum Gasteiger partial charge on any atom is 0.322 e. The molecule has 2 aliphatic rings. The molecule has 2 heterocycles. The van der Waals surface area contributed by atoms with E-state index in [0.717, 1.165) is 31.4 Å². The maximum absolute atomic E-state index is 12.7. The molecule has 31 heavy (non-hydrogen) atoms. The van der Waals surface area contributed by atoms with Crippen molar-refractivity contribution in [1.82, 2.24) is 15.2 Å². The molecule has 0 bridgehead atoms. The monoisotopic (exact) mass is 451 g/mol. The molecular weight excluding hydrogens is 426 g/mol. The van der Waals surface area contributed by atoms with Crippen molar-refractivity contribution in [3.63, 3.8) is 0 Å². The first-order valence-corrected chi connectivity index (χ1v) is 10.6. The molecule has 1 aromatic rings. The number of aliphatic carboxylic acids is 1. The molecule has 3 rings (SSSR count). The second-order valence-electron chi connectivity index (χ2n) is 7.82. The topological polar surface area (TPSA) is 129 Å². The third-order valence-electron chi connectivity index (χ3n) is 5.56. The zero-order valence-corrected chi connectivity index (χ0v) is 17.8. The van der Waals surface area contributed by atoms with Gasteiger partial charge < -0.3 is 25.2 Å². The minimum absolute atomic E-state index is 0.132. The summed E-state index contributed by atoms with van der Waals surface area (Å²) in [6.07, 6.45) is 5.41. The average Bonchev–Trinajstić information content (AvgIpc) is 2.75. The smallest absolute Gasteiger partial charge is 0.322 e. The highest BCUT2D eigenvalue weighted by Crippen LogP contribution is 2.29. The van der Waals surface area contributed by atoms with Crippen molar-refractivity contribution in [3.05, 3.63) is 40.4 Å². The third-order valence-corrected chi connectivity index (χ3v) is 5.79. The second kappa shape index (κ2) is 10.6. The number of nitrogens with zero attached hydrogens (tertiary/aromatic N) is 2. The van der Waals surface area contributed by atoms with Gasteiger partial charge in [0.2, 0.25) is 0 Å². The Morgan fingerprint density at radius 2 is 2.00 bits per heavy atom. The predicted octanol–water partition coefficient (Wildman–Crippen LogP) is 2.06. The number of carbonyl (C=O) groups excluding carboxylic acids is 2. The van der Waals surface area contributed by atoms with Crippen LogP contribution in [0.5, 0.6) is 0 Å². The number of nitrogens with one attached hydrogen (secondary N) is 1. The number of rotatable bonds is 8. The van der Waals surface area contributed by atoms with E-state index in [2.05, 4.69) is 10.3 Å². The van der Waals surface area contributed by atoms with Crippen molar-refractivity contribution in [2.24, 2.45) is 5.92 Å². The minimum Gasteiger partial charge on any atom is -0.511 e. The normalized spacial score (nSPS) is 21.8. The Morgan fingerprint density at radius 1 is 1.26 bits per heavy atom. The molecule has 1 saturated carbocycles. The summed E-state index contributed by atoms with van der Waals surface area (Å²) in [6, 6.07) is 3.62. The number of aromatic nitrogens is 1. The summed E-state index contributed by atoms with van der Waals surface area (Å²) < 4.78 is 5.95. The van der Waals surface area contributed by atoms with E-state index in [4.69, 9.17) is 21.4 Å². The molecule has 0 aromatic carbocycles. The zero-order valence-electron chi connectivity index (χ0n) is 17.1. The summed E-state index contributed by atoms with van der Waals surface area (Å²) in [6.45, 7) is 0.640. The maximum atomic E-state index is 12.7. The van der Waals surface area contributed by atoms with E-state index in [-0.39, 0.29) is 29.8 Å². The third kappa shape index (κ3) is 6.41. The van der Waals surface area contributed by atoms with E-state index >= 15 is 0 Å². The van der Waals surface area contributed by atoms with E-state index < -0.39 is 24.3 Å². The van der Waals surface area contributed by atoms with Crippen LogP contribution in [0.15, 0.2) is 29.7 Å². The first-order valence-electron chi connectivity index (χ1n) is 10.3. The van der Waals surface area contributed by atoms with Gasteiger partial charge in [-0.3, -0.25) is 19.4 Å². The quantitative estimate of drug-likeness (QED) is 0.516. The number of pyridine rings is 1. The Hall–Kier alpha value is -2.65. The summed E-state index contributed by atoms with van der Waals surface area (Å²) in [5, 5.41) is 21.4. The number of halogens is 1. The van der Waals surface area contributed by atoms with Crippen LogP contribution in [0.3, 0.4) is 0 Å². The van der Waals surface area contributed by atoms with E-state index in [1.165, 1.54) is 0 Å². The molecule has 0 atom stereocenters. The van der Waals surface area contributed by atoms with Crippen LogP contribution < -0.4 is 5.32 Å². The van der Waals surface area contributed by atoms with Crippen LogP contribution in [-0.2, 0) is 25.7 Å². The molecular formula is C21H26ClN3O6. The van der Waals surface area contributed by atoms with Crippen molar-refractivity contribution < 1.29 is 29.3 Å². The number of carboxylic acids is 1.